The van der Waals surface area contributed by atoms with Gasteiger partial charge in [0.1, 0.15) is 5.82 Å². The highest BCUT2D eigenvalue weighted by Gasteiger charge is 2.01. The van der Waals surface area contributed by atoms with E-state index >= 15 is 0 Å². The van der Waals surface area contributed by atoms with E-state index in [1.165, 1.54) is 17.7 Å². The molecule has 1 rings (SSSR count). The van der Waals surface area contributed by atoms with E-state index in [0.717, 1.165) is 11.8 Å². The fourth-order valence-corrected chi connectivity index (χ4v) is 1.31. The first-order valence-corrected chi connectivity index (χ1v) is 5.15. The first kappa shape index (κ1) is 9.72. The number of benzene rings is 1. The summed E-state index contributed by atoms with van der Waals surface area (Å²) in [6.07, 6.45) is 1.01. The minimum absolute atomic E-state index is 0.162. The fraction of sp³-hybridized carbons (Fsp3) is 0.400. The van der Waals surface area contributed by atoms with Crippen LogP contribution in [0.1, 0.15) is 12.5 Å². The van der Waals surface area contributed by atoms with E-state index in [9.17, 15) is 4.39 Å². The van der Waals surface area contributed by atoms with Gasteiger partial charge in [0.15, 0.2) is 0 Å². The maximum Gasteiger partial charge on any atom is 0.123 e. The Morgan fingerprint density at radius 2 is 1.92 bits per heavy atom. The third-order valence-corrected chi connectivity index (χ3v) is 2.87. The zero-order chi connectivity index (χ0) is 8.97. The number of hydrogen-bond donors (Lipinski definition) is 0. The molecule has 1 atom stereocenters. The molecule has 0 spiro atoms. The van der Waals surface area contributed by atoms with Crippen LogP contribution in [-0.4, -0.2) is 5.33 Å². The lowest BCUT2D eigenvalue weighted by molar-refractivity contribution is 0.623. The van der Waals surface area contributed by atoms with Crippen molar-refractivity contribution in [2.75, 3.05) is 5.33 Å². The Kier molecular flexibility index (Phi) is 3.73. The van der Waals surface area contributed by atoms with Crippen LogP contribution in [0.25, 0.3) is 0 Å². The van der Waals surface area contributed by atoms with Crippen molar-refractivity contribution < 1.29 is 4.39 Å². The molecule has 1 aromatic rings. The maximum absolute atomic E-state index is 12.5. The summed E-state index contributed by atoms with van der Waals surface area (Å²) in [5, 5.41) is 0.990. The maximum atomic E-state index is 12.5. The molecule has 1 aromatic carbocycles. The molecule has 12 heavy (non-hydrogen) atoms. The average Bonchev–Trinajstić information content (AvgIpc) is 2.09. The molecule has 2 heteroatoms. The third kappa shape index (κ3) is 2.94. The summed E-state index contributed by atoms with van der Waals surface area (Å²) in [6, 6.07) is 6.70. The van der Waals surface area contributed by atoms with Crippen LogP contribution in [0.4, 0.5) is 4.39 Å². The van der Waals surface area contributed by atoms with Crippen molar-refractivity contribution in [3.8, 4) is 0 Å². The van der Waals surface area contributed by atoms with Crippen molar-refractivity contribution >= 4 is 15.9 Å². The number of hydrogen-bond acceptors (Lipinski definition) is 0. The van der Waals surface area contributed by atoms with Gasteiger partial charge in [-0.05, 0) is 30.0 Å². The lowest BCUT2D eigenvalue weighted by Gasteiger charge is -2.06. The molecule has 0 bridgehead atoms. The predicted octanol–water partition coefficient (Wildman–Crippen LogP) is 3.40. The zero-order valence-electron chi connectivity index (χ0n) is 7.06. The molecule has 0 fully saturated rings. The largest absolute Gasteiger partial charge is 0.207 e. The first-order chi connectivity index (χ1) is 5.72. The average molecular weight is 231 g/mol. The van der Waals surface area contributed by atoms with Gasteiger partial charge in [-0.2, -0.15) is 0 Å². The van der Waals surface area contributed by atoms with E-state index in [1.54, 1.807) is 0 Å². The van der Waals surface area contributed by atoms with E-state index in [-0.39, 0.29) is 5.82 Å². The van der Waals surface area contributed by atoms with Gasteiger partial charge in [-0.25, -0.2) is 4.39 Å². The van der Waals surface area contributed by atoms with E-state index in [4.69, 9.17) is 0 Å². The highest BCUT2D eigenvalue weighted by Crippen LogP contribution is 2.11. The molecule has 0 aliphatic carbocycles. The quantitative estimate of drug-likeness (QED) is 0.699. The second-order valence-corrected chi connectivity index (χ2v) is 3.74. The van der Waals surface area contributed by atoms with Gasteiger partial charge < -0.3 is 0 Å². The van der Waals surface area contributed by atoms with Crippen molar-refractivity contribution in [3.05, 3.63) is 35.6 Å². The number of rotatable bonds is 3. The molecule has 0 amide bonds. The second kappa shape index (κ2) is 4.61. The van der Waals surface area contributed by atoms with Crippen LogP contribution in [0.5, 0.6) is 0 Å². The summed E-state index contributed by atoms with van der Waals surface area (Å²) in [4.78, 5) is 0. The predicted molar refractivity (Wildman–Crippen MR) is 53.1 cm³/mol. The first-order valence-electron chi connectivity index (χ1n) is 4.03. The summed E-state index contributed by atoms with van der Waals surface area (Å²) in [7, 11) is 0. The molecule has 0 N–H and O–H groups in total. The minimum atomic E-state index is -0.162. The Bertz CT molecular complexity index is 230. The second-order valence-electron chi connectivity index (χ2n) is 3.09. The van der Waals surface area contributed by atoms with E-state index in [0.29, 0.717) is 5.92 Å². The van der Waals surface area contributed by atoms with Gasteiger partial charge >= 0.3 is 0 Å². The van der Waals surface area contributed by atoms with Crippen molar-refractivity contribution in [2.24, 2.45) is 5.92 Å². The van der Waals surface area contributed by atoms with Crippen molar-refractivity contribution in [1.82, 2.24) is 0 Å². The summed E-state index contributed by atoms with van der Waals surface area (Å²) < 4.78 is 12.5. The molecule has 0 aromatic heterocycles. The van der Waals surface area contributed by atoms with Gasteiger partial charge in [0, 0.05) is 5.33 Å². The Morgan fingerprint density at radius 1 is 1.33 bits per heavy atom. The molecule has 0 saturated heterocycles. The molecule has 0 nitrogen and oxygen atoms in total. The molecule has 0 radical (unpaired) electrons. The van der Waals surface area contributed by atoms with E-state index in [2.05, 4.69) is 22.9 Å². The highest BCUT2D eigenvalue weighted by atomic mass is 79.9. The Hall–Kier alpha value is -0.370. The van der Waals surface area contributed by atoms with Crippen molar-refractivity contribution in [3.63, 3.8) is 0 Å². The van der Waals surface area contributed by atoms with Crippen molar-refractivity contribution in [2.45, 2.75) is 13.3 Å². The number of alkyl halides is 1. The zero-order valence-corrected chi connectivity index (χ0v) is 8.64. The Morgan fingerprint density at radius 3 is 2.42 bits per heavy atom. The van der Waals surface area contributed by atoms with E-state index in [1.807, 2.05) is 12.1 Å². The van der Waals surface area contributed by atoms with Gasteiger partial charge in [-0.3, -0.25) is 0 Å². The fourth-order valence-electron chi connectivity index (χ4n) is 1.08. The summed E-state index contributed by atoms with van der Waals surface area (Å²) >= 11 is 3.41. The van der Waals surface area contributed by atoms with Crippen LogP contribution in [0, 0.1) is 11.7 Å². The number of halogens is 2. The molecule has 0 aliphatic rings. The summed E-state index contributed by atoms with van der Waals surface area (Å²) in [5.41, 5.74) is 1.20. The molecule has 66 valence electrons. The molecular formula is C10H12BrF. The monoisotopic (exact) mass is 230 g/mol. The molecular weight excluding hydrogens is 219 g/mol. The SMILES string of the molecule is CC(CBr)Cc1ccc(F)cc1. The van der Waals surface area contributed by atoms with E-state index < -0.39 is 0 Å². The Labute approximate surface area is 80.9 Å². The van der Waals surface area contributed by atoms with Crippen LogP contribution in [-0.2, 0) is 6.42 Å². The lowest BCUT2D eigenvalue weighted by Crippen LogP contribution is -2.00. The topological polar surface area (TPSA) is 0 Å². The van der Waals surface area contributed by atoms with Crippen LogP contribution in [0.3, 0.4) is 0 Å². The molecule has 0 saturated carbocycles. The van der Waals surface area contributed by atoms with Crippen LogP contribution >= 0.6 is 15.9 Å². The van der Waals surface area contributed by atoms with Crippen LogP contribution in [0.15, 0.2) is 24.3 Å². The van der Waals surface area contributed by atoms with Crippen molar-refractivity contribution in [1.29, 1.82) is 0 Å². The van der Waals surface area contributed by atoms with Gasteiger partial charge in [0.05, 0.1) is 0 Å². The summed E-state index contributed by atoms with van der Waals surface area (Å²) in [5.74, 6) is 0.445. The summed E-state index contributed by atoms with van der Waals surface area (Å²) in [6.45, 7) is 2.16. The molecule has 0 aliphatic heterocycles. The minimum Gasteiger partial charge on any atom is -0.207 e. The Balaban J connectivity index is 2.58. The standard InChI is InChI=1S/C10H12BrF/c1-8(7-11)6-9-2-4-10(12)5-3-9/h2-5,8H,6-7H2,1H3. The highest BCUT2D eigenvalue weighted by molar-refractivity contribution is 9.09. The lowest BCUT2D eigenvalue weighted by atomic mass is 10.0. The van der Waals surface area contributed by atoms with Gasteiger partial charge in [-0.1, -0.05) is 35.0 Å². The molecule has 1 unspecified atom stereocenters. The van der Waals surface area contributed by atoms with Gasteiger partial charge in [0.2, 0.25) is 0 Å². The van der Waals surface area contributed by atoms with Crippen LogP contribution < -0.4 is 0 Å². The van der Waals surface area contributed by atoms with Crippen LogP contribution in [0.2, 0.25) is 0 Å². The van der Waals surface area contributed by atoms with Gasteiger partial charge in [0.25, 0.3) is 0 Å². The van der Waals surface area contributed by atoms with Gasteiger partial charge in [-0.15, -0.1) is 0 Å². The third-order valence-electron chi connectivity index (χ3n) is 1.76. The molecule has 0 heterocycles. The smallest absolute Gasteiger partial charge is 0.123 e. The normalized spacial score (nSPS) is 12.9.